The second kappa shape index (κ2) is 9.14. The number of nitriles is 1. The van der Waals surface area contributed by atoms with Crippen molar-refractivity contribution in [2.75, 3.05) is 19.0 Å². The summed E-state index contributed by atoms with van der Waals surface area (Å²) in [5, 5.41) is 24.1. The molecule has 0 radical (unpaired) electrons. The van der Waals surface area contributed by atoms with Crippen molar-refractivity contribution in [3.8, 4) is 6.07 Å². The largest absolute Gasteiger partial charge is 0.387 e. The topological polar surface area (TPSA) is 65.3 Å². The molecule has 5 rings (SSSR count). The van der Waals surface area contributed by atoms with Crippen LogP contribution in [0.2, 0.25) is 0 Å². The van der Waals surface area contributed by atoms with Crippen molar-refractivity contribution in [2.24, 2.45) is 40.9 Å². The highest BCUT2D eigenvalue weighted by Gasteiger charge is 2.58. The van der Waals surface area contributed by atoms with Gasteiger partial charge in [0.2, 0.25) is 0 Å². The molecule has 4 heteroatoms. The summed E-state index contributed by atoms with van der Waals surface area (Å²) in [4.78, 5) is 0. The SMILES string of the molecule is COC[C@@]1(O)CC[C@H]2[C@H](CC[C@@H]3[C@@H]2CC[C@]2(C)C([C@H](C)Nc4ccc(C#N)cc4C)CC[C@@H]32)C1. The van der Waals surface area contributed by atoms with Gasteiger partial charge in [-0.25, -0.2) is 0 Å². The Hall–Kier alpha value is -1.57. The second-order valence-corrected chi connectivity index (χ2v) is 12.6. The number of hydrogen-bond donors (Lipinski definition) is 2. The fraction of sp³-hybridized carbons (Fsp3) is 0.767. The number of nitrogens with one attached hydrogen (secondary N) is 1. The summed E-state index contributed by atoms with van der Waals surface area (Å²) in [5.41, 5.74) is 2.92. The van der Waals surface area contributed by atoms with Crippen LogP contribution in [0.25, 0.3) is 0 Å². The summed E-state index contributed by atoms with van der Waals surface area (Å²) in [6.45, 7) is 7.60. The Labute approximate surface area is 206 Å². The van der Waals surface area contributed by atoms with Crippen LogP contribution in [0.1, 0.15) is 82.8 Å². The Bertz CT molecular complexity index is 940. The number of fused-ring (bicyclic) bond motifs is 5. The standard InChI is InChI=1S/C30H44N2O2/c1-19-15-21(17-31)5-10-28(19)32-20(2)26-8-9-27-25-7-6-22-16-30(33,18-34-4)14-12-23(22)24(25)11-13-29(26,27)3/h5,10,15,20,22-27,32-33H,6-9,11-14,16,18H2,1-4H3/t20-,22+,23-,24+,25+,26?,27-,29+,30+/m0/s1. The van der Waals surface area contributed by atoms with E-state index in [-0.39, 0.29) is 0 Å². The van der Waals surface area contributed by atoms with Crippen LogP contribution in [0.4, 0.5) is 5.69 Å². The van der Waals surface area contributed by atoms with Crippen molar-refractivity contribution < 1.29 is 9.84 Å². The zero-order valence-corrected chi connectivity index (χ0v) is 21.6. The molecule has 4 saturated carbocycles. The average molecular weight is 465 g/mol. The number of ether oxygens (including phenoxy) is 1. The summed E-state index contributed by atoms with van der Waals surface area (Å²) in [7, 11) is 1.72. The van der Waals surface area contributed by atoms with Gasteiger partial charge in [0.15, 0.2) is 0 Å². The molecule has 0 heterocycles. The van der Waals surface area contributed by atoms with Crippen LogP contribution in [0, 0.1) is 59.2 Å². The van der Waals surface area contributed by atoms with Crippen LogP contribution < -0.4 is 5.32 Å². The fourth-order valence-electron chi connectivity index (χ4n) is 9.47. The van der Waals surface area contributed by atoms with Gasteiger partial charge in [0, 0.05) is 18.8 Å². The van der Waals surface area contributed by atoms with E-state index in [1.807, 2.05) is 12.1 Å². The normalized spacial score (nSPS) is 42.1. The molecular weight excluding hydrogens is 420 g/mol. The highest BCUT2D eigenvalue weighted by Crippen LogP contribution is 2.65. The predicted octanol–water partition coefficient (Wildman–Crippen LogP) is 6.31. The number of rotatable bonds is 5. The Kier molecular flexibility index (Phi) is 6.49. The summed E-state index contributed by atoms with van der Waals surface area (Å²) in [5.74, 6) is 4.80. The molecule has 1 aromatic rings. The molecule has 4 aliphatic carbocycles. The van der Waals surface area contributed by atoms with Crippen molar-refractivity contribution in [1.29, 1.82) is 5.26 Å². The molecule has 0 aromatic heterocycles. The van der Waals surface area contributed by atoms with E-state index in [1.165, 1.54) is 56.2 Å². The quantitative estimate of drug-likeness (QED) is 0.536. The molecule has 2 N–H and O–H groups in total. The van der Waals surface area contributed by atoms with Crippen molar-refractivity contribution >= 4 is 5.69 Å². The number of nitrogens with zero attached hydrogens (tertiary/aromatic N) is 1. The smallest absolute Gasteiger partial charge is 0.0991 e. The van der Waals surface area contributed by atoms with E-state index >= 15 is 0 Å². The van der Waals surface area contributed by atoms with Gasteiger partial charge in [0.25, 0.3) is 0 Å². The van der Waals surface area contributed by atoms with Crippen LogP contribution in [0.3, 0.4) is 0 Å². The summed E-state index contributed by atoms with van der Waals surface area (Å²) >= 11 is 0. The first-order valence-electron chi connectivity index (χ1n) is 13.8. The summed E-state index contributed by atoms with van der Waals surface area (Å²) < 4.78 is 5.37. The van der Waals surface area contributed by atoms with E-state index in [0.29, 0.717) is 29.9 Å². The summed E-state index contributed by atoms with van der Waals surface area (Å²) in [6, 6.07) is 8.71. The number of anilines is 1. The van der Waals surface area contributed by atoms with Crippen molar-refractivity contribution in [3.63, 3.8) is 0 Å². The third-order valence-electron chi connectivity index (χ3n) is 10.9. The molecule has 4 nitrogen and oxygen atoms in total. The first-order valence-corrected chi connectivity index (χ1v) is 13.8. The summed E-state index contributed by atoms with van der Waals surface area (Å²) in [6.07, 6.45) is 11.2. The molecule has 0 bridgehead atoms. The zero-order chi connectivity index (χ0) is 24.1. The van der Waals surface area contributed by atoms with Crippen LogP contribution in [-0.4, -0.2) is 30.5 Å². The number of hydrogen-bond acceptors (Lipinski definition) is 4. The monoisotopic (exact) mass is 464 g/mol. The molecule has 186 valence electrons. The Morgan fingerprint density at radius 2 is 1.91 bits per heavy atom. The van der Waals surface area contributed by atoms with Gasteiger partial charge in [-0.3, -0.25) is 0 Å². The molecule has 0 amide bonds. The van der Waals surface area contributed by atoms with Gasteiger partial charge in [-0.1, -0.05) is 6.92 Å². The highest BCUT2D eigenvalue weighted by molar-refractivity contribution is 5.54. The van der Waals surface area contributed by atoms with Crippen LogP contribution in [0.15, 0.2) is 18.2 Å². The van der Waals surface area contributed by atoms with Gasteiger partial charge in [0.05, 0.1) is 23.8 Å². The van der Waals surface area contributed by atoms with E-state index < -0.39 is 5.60 Å². The molecule has 4 aliphatic rings. The fourth-order valence-corrected chi connectivity index (χ4v) is 9.47. The molecule has 1 unspecified atom stereocenters. The van der Waals surface area contributed by atoms with Gasteiger partial charge in [0.1, 0.15) is 0 Å². The first kappa shape index (κ1) is 24.1. The Balaban J connectivity index is 1.28. The number of aryl methyl sites for hydroxylation is 1. The number of benzene rings is 1. The van der Waals surface area contributed by atoms with Crippen LogP contribution >= 0.6 is 0 Å². The van der Waals surface area contributed by atoms with Crippen molar-refractivity contribution in [1.82, 2.24) is 0 Å². The molecule has 34 heavy (non-hydrogen) atoms. The minimum atomic E-state index is -0.588. The molecule has 0 spiro atoms. The van der Waals surface area contributed by atoms with Crippen LogP contribution in [-0.2, 0) is 4.74 Å². The lowest BCUT2D eigenvalue weighted by Gasteiger charge is -2.57. The van der Waals surface area contributed by atoms with Gasteiger partial charge >= 0.3 is 0 Å². The van der Waals surface area contributed by atoms with Crippen LogP contribution in [0.5, 0.6) is 0 Å². The molecule has 9 atom stereocenters. The lowest BCUT2D eigenvalue weighted by Crippen LogP contribution is -2.52. The third kappa shape index (κ3) is 4.07. The van der Waals surface area contributed by atoms with Gasteiger partial charge in [-0.05, 0) is 136 Å². The maximum absolute atomic E-state index is 11.0. The third-order valence-corrected chi connectivity index (χ3v) is 10.9. The molecular formula is C30H44N2O2. The van der Waals surface area contributed by atoms with Gasteiger partial charge in [-0.2, -0.15) is 5.26 Å². The molecule has 4 fully saturated rings. The minimum absolute atomic E-state index is 0.423. The Morgan fingerprint density at radius 1 is 1.12 bits per heavy atom. The highest BCUT2D eigenvalue weighted by atomic mass is 16.5. The van der Waals surface area contributed by atoms with E-state index in [1.54, 1.807) is 7.11 Å². The lowest BCUT2D eigenvalue weighted by atomic mass is 9.48. The predicted molar refractivity (Wildman–Crippen MR) is 136 cm³/mol. The number of methoxy groups -OCH3 is 1. The lowest BCUT2D eigenvalue weighted by molar-refractivity contribution is -0.124. The van der Waals surface area contributed by atoms with E-state index in [4.69, 9.17) is 4.74 Å². The molecule has 0 aliphatic heterocycles. The van der Waals surface area contributed by atoms with Gasteiger partial charge < -0.3 is 15.2 Å². The molecule has 0 saturated heterocycles. The van der Waals surface area contributed by atoms with Crippen molar-refractivity contribution in [3.05, 3.63) is 29.3 Å². The average Bonchev–Trinajstić information content (AvgIpc) is 3.17. The van der Waals surface area contributed by atoms with Crippen molar-refractivity contribution in [2.45, 2.75) is 90.2 Å². The maximum atomic E-state index is 11.0. The van der Waals surface area contributed by atoms with E-state index in [0.717, 1.165) is 42.1 Å². The maximum Gasteiger partial charge on any atom is 0.0991 e. The van der Waals surface area contributed by atoms with Gasteiger partial charge in [-0.15, -0.1) is 0 Å². The van der Waals surface area contributed by atoms with E-state index in [9.17, 15) is 10.4 Å². The minimum Gasteiger partial charge on any atom is -0.387 e. The Morgan fingerprint density at radius 3 is 2.65 bits per heavy atom. The van der Waals surface area contributed by atoms with E-state index in [2.05, 4.69) is 38.2 Å². The molecule has 1 aromatic carbocycles. The first-order chi connectivity index (χ1) is 16.3. The zero-order valence-electron chi connectivity index (χ0n) is 21.6. The number of aliphatic hydroxyl groups is 1. The second-order valence-electron chi connectivity index (χ2n) is 12.6.